The second kappa shape index (κ2) is 4.97. The summed E-state index contributed by atoms with van der Waals surface area (Å²) in [7, 11) is 0. The largest absolute Gasteiger partial charge is 0.510 e. The van der Waals surface area contributed by atoms with E-state index in [1.807, 2.05) is 24.3 Å². The Morgan fingerprint density at radius 3 is 2.90 bits per heavy atom. The molecule has 1 aromatic carbocycles. The maximum Gasteiger partial charge on any atom is 0.145 e. The number of aliphatic hydroxyl groups is 2. The Kier molecular flexibility index (Phi) is 3.15. The van der Waals surface area contributed by atoms with Gasteiger partial charge in [-0.05, 0) is 18.6 Å². The molecule has 3 rings (SSSR count). The Labute approximate surface area is 115 Å². The molecule has 0 bridgehead atoms. The molecule has 6 heteroatoms. The number of aromatic nitrogens is 2. The Balaban J connectivity index is 1.93. The van der Waals surface area contributed by atoms with E-state index in [4.69, 9.17) is 10.5 Å². The molecule has 0 atom stereocenters. The van der Waals surface area contributed by atoms with E-state index in [0.717, 1.165) is 11.0 Å². The first-order valence-electron chi connectivity index (χ1n) is 6.52. The Morgan fingerprint density at radius 2 is 2.15 bits per heavy atom. The number of nitrogens with zero attached hydrogens (tertiary/aromatic N) is 2. The van der Waals surface area contributed by atoms with Crippen LogP contribution >= 0.6 is 0 Å². The van der Waals surface area contributed by atoms with Gasteiger partial charge in [-0.25, -0.2) is 4.98 Å². The van der Waals surface area contributed by atoms with Crippen LogP contribution in [0.2, 0.25) is 0 Å². The van der Waals surface area contributed by atoms with Gasteiger partial charge in [0.2, 0.25) is 0 Å². The van der Waals surface area contributed by atoms with Crippen LogP contribution in [-0.2, 0) is 0 Å². The van der Waals surface area contributed by atoms with Gasteiger partial charge in [-0.15, -0.1) is 0 Å². The number of aromatic amines is 1. The highest BCUT2D eigenvalue weighted by molar-refractivity contribution is 6.23. The monoisotopic (exact) mass is 272 g/mol. The zero-order chi connectivity index (χ0) is 14.1. The number of imidazole rings is 1. The molecule has 2 heterocycles. The van der Waals surface area contributed by atoms with E-state index in [-0.39, 0.29) is 18.2 Å². The van der Waals surface area contributed by atoms with Crippen molar-refractivity contribution in [3.63, 3.8) is 0 Å². The number of H-pyrrole nitrogens is 1. The van der Waals surface area contributed by atoms with Crippen LogP contribution in [0.5, 0.6) is 0 Å². The molecule has 1 aliphatic rings. The number of amidine groups is 1. The van der Waals surface area contributed by atoms with Gasteiger partial charge in [0.1, 0.15) is 17.4 Å². The van der Waals surface area contributed by atoms with Crippen LogP contribution in [0.15, 0.2) is 30.0 Å². The zero-order valence-corrected chi connectivity index (χ0v) is 10.9. The third-order valence-corrected chi connectivity index (χ3v) is 3.39. The van der Waals surface area contributed by atoms with Crippen molar-refractivity contribution in [1.82, 2.24) is 14.9 Å². The summed E-state index contributed by atoms with van der Waals surface area (Å²) in [4.78, 5) is 9.28. The number of hydrogen-bond acceptors (Lipinski definition) is 4. The number of rotatable bonds is 4. The lowest BCUT2D eigenvalue weighted by molar-refractivity contribution is 0.265. The van der Waals surface area contributed by atoms with Crippen molar-refractivity contribution in [3.05, 3.63) is 35.8 Å². The van der Waals surface area contributed by atoms with E-state index >= 15 is 0 Å². The molecular weight excluding hydrogens is 256 g/mol. The van der Waals surface area contributed by atoms with Crippen LogP contribution in [0.3, 0.4) is 0 Å². The van der Waals surface area contributed by atoms with Gasteiger partial charge in [0, 0.05) is 13.2 Å². The molecule has 0 amide bonds. The summed E-state index contributed by atoms with van der Waals surface area (Å²) in [6.07, 6.45) is 0.572. The van der Waals surface area contributed by atoms with Gasteiger partial charge in [-0.1, -0.05) is 12.1 Å². The lowest BCUT2D eigenvalue weighted by Crippen LogP contribution is -2.28. The lowest BCUT2D eigenvalue weighted by atomic mass is 10.2. The van der Waals surface area contributed by atoms with Crippen LogP contribution < -0.4 is 0 Å². The summed E-state index contributed by atoms with van der Waals surface area (Å²) in [6.45, 7) is 0.916. The summed E-state index contributed by atoms with van der Waals surface area (Å²) in [5.41, 5.74) is 2.13. The van der Waals surface area contributed by atoms with Crippen LogP contribution in [0, 0.1) is 5.41 Å². The van der Waals surface area contributed by atoms with E-state index in [0.29, 0.717) is 30.9 Å². The Morgan fingerprint density at radius 1 is 1.35 bits per heavy atom. The minimum Gasteiger partial charge on any atom is -0.510 e. The molecule has 0 fully saturated rings. The summed E-state index contributed by atoms with van der Waals surface area (Å²) in [6, 6.07) is 7.60. The van der Waals surface area contributed by atoms with Gasteiger partial charge in [-0.2, -0.15) is 0 Å². The minimum atomic E-state index is 0.0739. The average Bonchev–Trinajstić information content (AvgIpc) is 2.97. The molecule has 0 unspecified atom stereocenters. The SMILES string of the molecule is N=C1C(c2nc3ccccc3[nH]2)=C(O)CN1CCCO. The fourth-order valence-electron chi connectivity index (χ4n) is 2.41. The third kappa shape index (κ3) is 2.04. The highest BCUT2D eigenvalue weighted by atomic mass is 16.3. The minimum absolute atomic E-state index is 0.0739. The van der Waals surface area contributed by atoms with Crippen LogP contribution in [-0.4, -0.2) is 50.6 Å². The smallest absolute Gasteiger partial charge is 0.145 e. The highest BCUT2D eigenvalue weighted by Crippen LogP contribution is 2.26. The van der Waals surface area contributed by atoms with Crippen molar-refractivity contribution >= 4 is 22.4 Å². The van der Waals surface area contributed by atoms with Gasteiger partial charge >= 0.3 is 0 Å². The van der Waals surface area contributed by atoms with Crippen molar-refractivity contribution in [2.75, 3.05) is 19.7 Å². The third-order valence-electron chi connectivity index (χ3n) is 3.39. The van der Waals surface area contributed by atoms with E-state index in [1.54, 1.807) is 4.90 Å². The summed E-state index contributed by atoms with van der Waals surface area (Å²) >= 11 is 0. The highest BCUT2D eigenvalue weighted by Gasteiger charge is 2.29. The normalized spacial score (nSPS) is 15.7. The van der Waals surface area contributed by atoms with Crippen LogP contribution in [0.25, 0.3) is 16.6 Å². The lowest BCUT2D eigenvalue weighted by Gasteiger charge is -2.17. The van der Waals surface area contributed by atoms with Crippen molar-refractivity contribution in [2.24, 2.45) is 0 Å². The molecule has 0 aliphatic carbocycles. The number of para-hydroxylation sites is 2. The Bertz CT molecular complexity index is 656. The fraction of sp³-hybridized carbons (Fsp3) is 0.286. The molecule has 104 valence electrons. The molecule has 0 saturated carbocycles. The molecule has 6 nitrogen and oxygen atoms in total. The molecule has 0 spiro atoms. The number of hydrogen-bond donors (Lipinski definition) is 4. The quantitative estimate of drug-likeness (QED) is 0.678. The zero-order valence-electron chi connectivity index (χ0n) is 10.9. The first kappa shape index (κ1) is 12.7. The van der Waals surface area contributed by atoms with Crippen LogP contribution in [0.4, 0.5) is 0 Å². The standard InChI is InChI=1S/C14H16N4O2/c15-13-12(11(20)8-18(13)6-3-7-19)14-16-9-4-1-2-5-10(9)17-14/h1-2,4-5,15,19-20H,3,6-8H2,(H,16,17). The maximum absolute atomic E-state index is 10.1. The predicted octanol–water partition coefficient (Wildman–Crippen LogP) is 1.51. The number of nitrogens with one attached hydrogen (secondary N) is 2. The molecule has 1 aromatic heterocycles. The van der Waals surface area contributed by atoms with Crippen molar-refractivity contribution in [1.29, 1.82) is 5.41 Å². The molecule has 20 heavy (non-hydrogen) atoms. The summed E-state index contributed by atoms with van der Waals surface area (Å²) in [5, 5.41) is 27.1. The fourth-order valence-corrected chi connectivity index (χ4v) is 2.41. The van der Waals surface area contributed by atoms with E-state index < -0.39 is 0 Å². The summed E-state index contributed by atoms with van der Waals surface area (Å²) < 4.78 is 0. The number of fused-ring (bicyclic) bond motifs is 1. The number of aliphatic hydroxyl groups excluding tert-OH is 2. The first-order chi connectivity index (χ1) is 9.70. The molecule has 1 aliphatic heterocycles. The molecule has 0 saturated heterocycles. The molecule has 2 aromatic rings. The summed E-state index contributed by atoms with van der Waals surface area (Å²) in [5.74, 6) is 0.905. The molecule has 0 radical (unpaired) electrons. The van der Waals surface area contributed by atoms with E-state index in [1.165, 1.54) is 0 Å². The van der Waals surface area contributed by atoms with Gasteiger partial charge in [0.15, 0.2) is 0 Å². The Hall–Kier alpha value is -2.34. The molecule has 4 N–H and O–H groups in total. The van der Waals surface area contributed by atoms with Crippen molar-refractivity contribution < 1.29 is 10.2 Å². The predicted molar refractivity (Wildman–Crippen MR) is 76.6 cm³/mol. The van der Waals surface area contributed by atoms with Crippen molar-refractivity contribution in [3.8, 4) is 0 Å². The van der Waals surface area contributed by atoms with Gasteiger partial charge in [-0.3, -0.25) is 5.41 Å². The van der Waals surface area contributed by atoms with E-state index in [9.17, 15) is 5.11 Å². The van der Waals surface area contributed by atoms with Gasteiger partial charge in [0.25, 0.3) is 0 Å². The van der Waals surface area contributed by atoms with Gasteiger partial charge < -0.3 is 20.1 Å². The van der Waals surface area contributed by atoms with Gasteiger partial charge in [0.05, 0.1) is 23.2 Å². The topological polar surface area (TPSA) is 96.2 Å². The maximum atomic E-state index is 10.1. The number of benzene rings is 1. The van der Waals surface area contributed by atoms with E-state index in [2.05, 4.69) is 9.97 Å². The first-order valence-corrected chi connectivity index (χ1v) is 6.52. The van der Waals surface area contributed by atoms with Crippen molar-refractivity contribution in [2.45, 2.75) is 6.42 Å². The second-order valence-corrected chi connectivity index (χ2v) is 4.77. The molecular formula is C14H16N4O2. The second-order valence-electron chi connectivity index (χ2n) is 4.77. The van der Waals surface area contributed by atoms with Crippen LogP contribution in [0.1, 0.15) is 12.2 Å². The average molecular weight is 272 g/mol.